The van der Waals surface area contributed by atoms with Gasteiger partial charge >= 0.3 is 0 Å². The van der Waals surface area contributed by atoms with E-state index in [1.807, 2.05) is 4.90 Å². The summed E-state index contributed by atoms with van der Waals surface area (Å²) in [5.41, 5.74) is 0. The molecule has 0 aromatic heterocycles. The van der Waals surface area contributed by atoms with Crippen LogP contribution < -0.4 is 0 Å². The van der Waals surface area contributed by atoms with Gasteiger partial charge in [-0.05, 0) is 19.4 Å². The Labute approximate surface area is 89.6 Å². The fraction of sp³-hybridized carbons (Fsp3) is 1.00. The summed E-state index contributed by atoms with van der Waals surface area (Å²) >= 11 is 0. The zero-order valence-electron chi connectivity index (χ0n) is 8.54. The molecule has 0 spiro atoms. The molecule has 0 radical (unpaired) electrons. The Kier molecular flexibility index (Phi) is 3.03. The van der Waals surface area contributed by atoms with Crippen molar-refractivity contribution in [3.63, 3.8) is 0 Å². The van der Waals surface area contributed by atoms with Crippen LogP contribution in [0.1, 0.15) is 12.8 Å². The van der Waals surface area contributed by atoms with Crippen molar-refractivity contribution in [1.82, 2.24) is 4.90 Å². The van der Waals surface area contributed by atoms with E-state index in [4.69, 9.17) is 5.11 Å². The number of nitrogens with zero attached hydrogens (tertiary/aromatic N) is 1. The molecule has 0 saturated carbocycles. The summed E-state index contributed by atoms with van der Waals surface area (Å²) < 4.78 is 22.7. The molecule has 2 N–H and O–H groups in total. The highest BCUT2D eigenvalue weighted by Gasteiger charge is 2.43. The first-order valence-corrected chi connectivity index (χ1v) is 7.11. The van der Waals surface area contributed by atoms with Crippen LogP contribution in [0.3, 0.4) is 0 Å². The van der Waals surface area contributed by atoms with Gasteiger partial charge in [-0.15, -0.1) is 0 Å². The molecule has 0 aromatic carbocycles. The zero-order chi connectivity index (χ0) is 11.1. The van der Waals surface area contributed by atoms with Crippen LogP contribution in [-0.4, -0.2) is 66.4 Å². The summed E-state index contributed by atoms with van der Waals surface area (Å²) in [4.78, 5) is 1.95. The first-order chi connectivity index (χ1) is 7.03. The van der Waals surface area contributed by atoms with Crippen molar-refractivity contribution in [3.05, 3.63) is 0 Å². The van der Waals surface area contributed by atoms with Crippen molar-refractivity contribution in [2.75, 3.05) is 24.7 Å². The molecule has 0 aliphatic carbocycles. The summed E-state index contributed by atoms with van der Waals surface area (Å²) in [5, 5.41) is 18.8. The fourth-order valence-corrected chi connectivity index (χ4v) is 4.43. The van der Waals surface area contributed by atoms with Crippen molar-refractivity contribution in [2.45, 2.75) is 31.0 Å². The van der Waals surface area contributed by atoms with Crippen LogP contribution in [0, 0.1) is 0 Å². The Balaban J connectivity index is 2.11. The molecule has 5 nitrogen and oxygen atoms in total. The van der Waals surface area contributed by atoms with Gasteiger partial charge < -0.3 is 10.2 Å². The predicted octanol–water partition coefficient (Wildman–Crippen LogP) is -1.40. The van der Waals surface area contributed by atoms with E-state index in [1.54, 1.807) is 0 Å². The van der Waals surface area contributed by atoms with Gasteiger partial charge in [-0.3, -0.25) is 4.90 Å². The first-order valence-electron chi connectivity index (χ1n) is 5.28. The van der Waals surface area contributed by atoms with E-state index in [0.29, 0.717) is 0 Å². The molecule has 2 heterocycles. The minimum absolute atomic E-state index is 0.0259. The molecule has 2 fully saturated rings. The van der Waals surface area contributed by atoms with Crippen molar-refractivity contribution < 1.29 is 18.6 Å². The highest BCUT2D eigenvalue weighted by Crippen LogP contribution is 2.26. The van der Waals surface area contributed by atoms with Crippen LogP contribution >= 0.6 is 0 Å². The third-order valence-electron chi connectivity index (χ3n) is 3.35. The molecule has 0 aromatic rings. The molecule has 2 saturated heterocycles. The minimum atomic E-state index is -3.09. The Morgan fingerprint density at radius 2 is 2.07 bits per heavy atom. The summed E-state index contributed by atoms with van der Waals surface area (Å²) in [5.74, 6) is -0.100. The Morgan fingerprint density at radius 1 is 1.33 bits per heavy atom. The highest BCUT2D eigenvalue weighted by molar-refractivity contribution is 7.91. The van der Waals surface area contributed by atoms with Crippen molar-refractivity contribution in [3.8, 4) is 0 Å². The Morgan fingerprint density at radius 3 is 2.60 bits per heavy atom. The molecule has 2 rings (SSSR count). The molecule has 15 heavy (non-hydrogen) atoms. The normalized spacial score (nSPS) is 41.1. The van der Waals surface area contributed by atoms with Gasteiger partial charge in [-0.1, -0.05) is 0 Å². The Hall–Kier alpha value is -0.170. The molecular weight excluding hydrogens is 218 g/mol. The van der Waals surface area contributed by atoms with Crippen LogP contribution in [0.15, 0.2) is 0 Å². The van der Waals surface area contributed by atoms with E-state index in [1.165, 1.54) is 0 Å². The lowest BCUT2D eigenvalue weighted by Crippen LogP contribution is -2.46. The third-order valence-corrected chi connectivity index (χ3v) is 5.05. The summed E-state index contributed by atoms with van der Waals surface area (Å²) in [6, 6.07) is -0.285. The van der Waals surface area contributed by atoms with Crippen LogP contribution in [0.5, 0.6) is 0 Å². The lowest BCUT2D eigenvalue weighted by Gasteiger charge is -2.30. The molecule has 2 aliphatic heterocycles. The van der Waals surface area contributed by atoms with Crippen molar-refractivity contribution in [2.24, 2.45) is 0 Å². The smallest absolute Gasteiger partial charge is 0.154 e. The molecular formula is C9H17NO4S. The fourth-order valence-electron chi connectivity index (χ4n) is 2.62. The number of hydrogen-bond donors (Lipinski definition) is 2. The third kappa shape index (κ3) is 2.18. The van der Waals surface area contributed by atoms with Gasteiger partial charge in [0, 0.05) is 6.04 Å². The first kappa shape index (κ1) is 11.3. The van der Waals surface area contributed by atoms with Gasteiger partial charge in [-0.2, -0.15) is 0 Å². The highest BCUT2D eigenvalue weighted by atomic mass is 32.2. The van der Waals surface area contributed by atoms with E-state index in [9.17, 15) is 13.5 Å². The number of hydrogen-bond acceptors (Lipinski definition) is 5. The van der Waals surface area contributed by atoms with Gasteiger partial charge in [0.05, 0.1) is 30.3 Å². The van der Waals surface area contributed by atoms with E-state index in [-0.39, 0.29) is 30.2 Å². The number of rotatable bonds is 2. The van der Waals surface area contributed by atoms with Crippen LogP contribution in [0.4, 0.5) is 0 Å². The maximum Gasteiger partial charge on any atom is 0.154 e. The van der Waals surface area contributed by atoms with E-state index >= 15 is 0 Å². The second-order valence-electron chi connectivity index (χ2n) is 4.43. The molecule has 88 valence electrons. The number of sulfone groups is 1. The van der Waals surface area contributed by atoms with Gasteiger partial charge in [-0.25, -0.2) is 8.42 Å². The van der Waals surface area contributed by atoms with E-state index in [2.05, 4.69) is 0 Å². The van der Waals surface area contributed by atoms with Gasteiger partial charge in [0.2, 0.25) is 0 Å². The Bertz CT molecular complexity index is 329. The van der Waals surface area contributed by atoms with E-state index < -0.39 is 15.9 Å². The SMILES string of the molecule is O=S1(=O)CC(O)C(N2CCCC2CO)C1. The average Bonchev–Trinajstić information content (AvgIpc) is 2.69. The quantitative estimate of drug-likeness (QED) is 0.615. The largest absolute Gasteiger partial charge is 0.395 e. The summed E-state index contributed by atoms with van der Waals surface area (Å²) in [6.45, 7) is 0.825. The summed E-state index contributed by atoms with van der Waals surface area (Å²) in [7, 11) is -3.09. The average molecular weight is 235 g/mol. The molecule has 0 amide bonds. The molecule has 0 bridgehead atoms. The topological polar surface area (TPSA) is 77.8 Å². The van der Waals surface area contributed by atoms with Crippen molar-refractivity contribution in [1.29, 1.82) is 0 Å². The molecule has 6 heteroatoms. The second-order valence-corrected chi connectivity index (χ2v) is 6.58. The molecule has 2 aliphatic rings. The monoisotopic (exact) mass is 235 g/mol. The lowest BCUT2D eigenvalue weighted by molar-refractivity contribution is 0.0557. The maximum absolute atomic E-state index is 11.4. The van der Waals surface area contributed by atoms with E-state index in [0.717, 1.165) is 19.4 Å². The second kappa shape index (κ2) is 4.01. The van der Waals surface area contributed by atoms with Gasteiger partial charge in [0.25, 0.3) is 0 Å². The molecule has 3 unspecified atom stereocenters. The summed E-state index contributed by atoms with van der Waals surface area (Å²) in [6.07, 6.45) is 1.07. The van der Waals surface area contributed by atoms with Gasteiger partial charge in [0.1, 0.15) is 0 Å². The van der Waals surface area contributed by atoms with Crippen LogP contribution in [-0.2, 0) is 9.84 Å². The van der Waals surface area contributed by atoms with Crippen LogP contribution in [0.2, 0.25) is 0 Å². The standard InChI is InChI=1S/C9H17NO4S/c11-4-7-2-1-3-10(7)8-5-15(13,14)6-9(8)12/h7-9,11-12H,1-6H2. The molecule has 3 atom stereocenters. The lowest BCUT2D eigenvalue weighted by atomic mass is 10.1. The van der Waals surface area contributed by atoms with Gasteiger partial charge in [0.15, 0.2) is 9.84 Å². The number of likely N-dealkylation sites (tertiary alicyclic amines) is 1. The minimum Gasteiger partial charge on any atom is -0.395 e. The zero-order valence-corrected chi connectivity index (χ0v) is 9.36. The van der Waals surface area contributed by atoms with Crippen molar-refractivity contribution >= 4 is 9.84 Å². The number of aliphatic hydroxyl groups is 2. The maximum atomic E-state index is 11.4. The predicted molar refractivity (Wildman–Crippen MR) is 55.3 cm³/mol. The number of aliphatic hydroxyl groups excluding tert-OH is 2. The van der Waals surface area contributed by atoms with Crippen LogP contribution in [0.25, 0.3) is 0 Å².